The SMILES string of the molecule is Cc1ccc(NCc2ccccc2Br)c2cccnc12. The highest BCUT2D eigenvalue weighted by molar-refractivity contribution is 9.10. The van der Waals surface area contributed by atoms with Gasteiger partial charge in [-0.1, -0.05) is 40.2 Å². The van der Waals surface area contributed by atoms with Gasteiger partial charge in [0.05, 0.1) is 5.52 Å². The van der Waals surface area contributed by atoms with Crippen LogP contribution in [0, 0.1) is 6.92 Å². The summed E-state index contributed by atoms with van der Waals surface area (Å²) in [5, 5.41) is 4.67. The maximum atomic E-state index is 4.46. The molecule has 3 aromatic rings. The Labute approximate surface area is 127 Å². The van der Waals surface area contributed by atoms with Crippen molar-refractivity contribution in [2.24, 2.45) is 0 Å². The van der Waals surface area contributed by atoms with Crippen molar-refractivity contribution in [3.8, 4) is 0 Å². The van der Waals surface area contributed by atoms with E-state index in [2.05, 4.69) is 69.6 Å². The molecule has 0 aliphatic carbocycles. The molecule has 0 bridgehead atoms. The Hall–Kier alpha value is -1.87. The fourth-order valence-electron chi connectivity index (χ4n) is 2.30. The number of rotatable bonds is 3. The van der Waals surface area contributed by atoms with E-state index in [1.54, 1.807) is 0 Å². The number of pyridine rings is 1. The predicted octanol–water partition coefficient (Wildman–Crippen LogP) is 4.92. The van der Waals surface area contributed by atoms with Crippen LogP contribution < -0.4 is 5.32 Å². The minimum atomic E-state index is 0.786. The summed E-state index contributed by atoms with van der Waals surface area (Å²) in [7, 11) is 0. The van der Waals surface area contributed by atoms with Crippen LogP contribution in [-0.4, -0.2) is 4.98 Å². The number of halogens is 1. The van der Waals surface area contributed by atoms with E-state index in [1.807, 2.05) is 18.3 Å². The van der Waals surface area contributed by atoms with Crippen molar-refractivity contribution >= 4 is 32.5 Å². The van der Waals surface area contributed by atoms with E-state index in [0.29, 0.717) is 0 Å². The summed E-state index contributed by atoms with van der Waals surface area (Å²) in [5.74, 6) is 0. The van der Waals surface area contributed by atoms with Crippen molar-refractivity contribution in [3.05, 3.63) is 70.3 Å². The Balaban J connectivity index is 1.92. The van der Waals surface area contributed by atoms with Gasteiger partial charge in [-0.25, -0.2) is 0 Å². The topological polar surface area (TPSA) is 24.9 Å². The zero-order valence-electron chi connectivity index (χ0n) is 11.2. The number of aromatic nitrogens is 1. The first kappa shape index (κ1) is 13.1. The molecule has 1 N–H and O–H groups in total. The lowest BCUT2D eigenvalue weighted by molar-refractivity contribution is 1.14. The van der Waals surface area contributed by atoms with Crippen LogP contribution in [0.3, 0.4) is 0 Å². The number of fused-ring (bicyclic) bond motifs is 1. The quantitative estimate of drug-likeness (QED) is 0.739. The van der Waals surface area contributed by atoms with E-state index < -0.39 is 0 Å². The van der Waals surface area contributed by atoms with Crippen LogP contribution in [0.2, 0.25) is 0 Å². The van der Waals surface area contributed by atoms with E-state index in [-0.39, 0.29) is 0 Å². The average molecular weight is 327 g/mol. The minimum Gasteiger partial charge on any atom is -0.380 e. The summed E-state index contributed by atoms with van der Waals surface area (Å²) in [6.07, 6.45) is 1.84. The highest BCUT2D eigenvalue weighted by atomic mass is 79.9. The average Bonchev–Trinajstić information content (AvgIpc) is 2.48. The fourth-order valence-corrected chi connectivity index (χ4v) is 2.73. The van der Waals surface area contributed by atoms with Gasteiger partial charge in [0.25, 0.3) is 0 Å². The normalized spacial score (nSPS) is 10.7. The Morgan fingerprint density at radius 3 is 2.75 bits per heavy atom. The smallest absolute Gasteiger partial charge is 0.0751 e. The molecule has 1 aromatic heterocycles. The number of benzene rings is 2. The van der Waals surface area contributed by atoms with E-state index in [4.69, 9.17) is 0 Å². The van der Waals surface area contributed by atoms with Gasteiger partial charge < -0.3 is 5.32 Å². The molecule has 0 amide bonds. The number of anilines is 1. The predicted molar refractivity (Wildman–Crippen MR) is 87.9 cm³/mol. The fraction of sp³-hybridized carbons (Fsp3) is 0.118. The summed E-state index contributed by atoms with van der Waals surface area (Å²) in [5.41, 5.74) is 4.62. The van der Waals surface area contributed by atoms with Crippen LogP contribution in [0.1, 0.15) is 11.1 Å². The second-order valence-corrected chi connectivity index (χ2v) is 5.63. The molecule has 0 fully saturated rings. The standard InChI is InChI=1S/C17H15BrN2/c1-12-8-9-16(14-6-4-10-19-17(12)14)20-11-13-5-2-3-7-15(13)18/h2-10,20H,11H2,1H3. The maximum absolute atomic E-state index is 4.46. The first-order chi connectivity index (χ1) is 9.75. The Kier molecular flexibility index (Phi) is 3.70. The summed E-state index contributed by atoms with van der Waals surface area (Å²) >= 11 is 3.58. The Morgan fingerprint density at radius 2 is 1.90 bits per heavy atom. The largest absolute Gasteiger partial charge is 0.380 e. The minimum absolute atomic E-state index is 0.786. The van der Waals surface area contributed by atoms with Crippen molar-refractivity contribution in [1.29, 1.82) is 0 Å². The summed E-state index contributed by atoms with van der Waals surface area (Å²) in [6.45, 7) is 2.88. The molecule has 0 saturated carbocycles. The molecule has 0 unspecified atom stereocenters. The molecule has 3 rings (SSSR count). The molecule has 0 aliphatic rings. The molecule has 2 aromatic carbocycles. The molecule has 0 saturated heterocycles. The summed E-state index contributed by atoms with van der Waals surface area (Å²) in [4.78, 5) is 4.46. The molecule has 2 nitrogen and oxygen atoms in total. The first-order valence-electron chi connectivity index (χ1n) is 6.57. The van der Waals surface area contributed by atoms with Gasteiger partial charge in [0.1, 0.15) is 0 Å². The molecule has 1 heterocycles. The zero-order valence-corrected chi connectivity index (χ0v) is 12.8. The highest BCUT2D eigenvalue weighted by Crippen LogP contribution is 2.25. The maximum Gasteiger partial charge on any atom is 0.0751 e. The first-order valence-corrected chi connectivity index (χ1v) is 7.36. The third kappa shape index (κ3) is 2.54. The molecule has 0 radical (unpaired) electrons. The second kappa shape index (κ2) is 5.63. The molecule has 0 atom stereocenters. The van der Waals surface area contributed by atoms with Crippen LogP contribution >= 0.6 is 15.9 Å². The summed E-state index contributed by atoms with van der Waals surface area (Å²) in [6, 6.07) is 16.6. The van der Waals surface area contributed by atoms with E-state index in [0.717, 1.165) is 22.2 Å². The third-order valence-electron chi connectivity index (χ3n) is 3.40. The molecule has 0 aliphatic heterocycles. The number of nitrogens with one attached hydrogen (secondary N) is 1. The lowest BCUT2D eigenvalue weighted by Gasteiger charge is -2.12. The van der Waals surface area contributed by atoms with Crippen LogP contribution in [0.5, 0.6) is 0 Å². The molecule has 20 heavy (non-hydrogen) atoms. The van der Waals surface area contributed by atoms with Crippen LogP contribution in [0.15, 0.2) is 59.2 Å². The van der Waals surface area contributed by atoms with E-state index in [1.165, 1.54) is 16.5 Å². The van der Waals surface area contributed by atoms with Gasteiger partial charge in [0.15, 0.2) is 0 Å². The zero-order chi connectivity index (χ0) is 13.9. The van der Waals surface area contributed by atoms with Crippen molar-refractivity contribution in [3.63, 3.8) is 0 Å². The van der Waals surface area contributed by atoms with Crippen molar-refractivity contribution in [1.82, 2.24) is 4.98 Å². The molecular weight excluding hydrogens is 312 g/mol. The highest BCUT2D eigenvalue weighted by Gasteiger charge is 2.05. The van der Waals surface area contributed by atoms with Crippen LogP contribution in [-0.2, 0) is 6.54 Å². The molecular formula is C17H15BrN2. The van der Waals surface area contributed by atoms with Gasteiger partial charge in [-0.05, 0) is 42.3 Å². The molecule has 3 heteroatoms. The van der Waals surface area contributed by atoms with Gasteiger partial charge in [0, 0.05) is 28.3 Å². The number of hydrogen-bond donors (Lipinski definition) is 1. The number of nitrogens with zero attached hydrogens (tertiary/aromatic N) is 1. The molecule has 0 spiro atoms. The van der Waals surface area contributed by atoms with Gasteiger partial charge in [-0.15, -0.1) is 0 Å². The summed E-state index contributed by atoms with van der Waals surface area (Å²) < 4.78 is 1.13. The van der Waals surface area contributed by atoms with E-state index >= 15 is 0 Å². The van der Waals surface area contributed by atoms with Gasteiger partial charge in [0.2, 0.25) is 0 Å². The Bertz CT molecular complexity index is 753. The van der Waals surface area contributed by atoms with Gasteiger partial charge in [-0.3, -0.25) is 4.98 Å². The van der Waals surface area contributed by atoms with Gasteiger partial charge in [-0.2, -0.15) is 0 Å². The van der Waals surface area contributed by atoms with Crippen molar-refractivity contribution in [2.75, 3.05) is 5.32 Å². The van der Waals surface area contributed by atoms with Crippen LogP contribution in [0.25, 0.3) is 10.9 Å². The van der Waals surface area contributed by atoms with Gasteiger partial charge >= 0.3 is 0 Å². The lowest BCUT2D eigenvalue weighted by atomic mass is 10.1. The number of hydrogen-bond acceptors (Lipinski definition) is 2. The van der Waals surface area contributed by atoms with Crippen molar-refractivity contribution in [2.45, 2.75) is 13.5 Å². The second-order valence-electron chi connectivity index (χ2n) is 4.77. The molecule has 100 valence electrons. The van der Waals surface area contributed by atoms with Crippen molar-refractivity contribution < 1.29 is 0 Å². The lowest BCUT2D eigenvalue weighted by Crippen LogP contribution is -2.01. The van der Waals surface area contributed by atoms with E-state index in [9.17, 15) is 0 Å². The third-order valence-corrected chi connectivity index (χ3v) is 4.17. The monoisotopic (exact) mass is 326 g/mol. The number of aryl methyl sites for hydroxylation is 1. The Morgan fingerprint density at radius 1 is 1.05 bits per heavy atom. The van der Waals surface area contributed by atoms with Crippen LogP contribution in [0.4, 0.5) is 5.69 Å².